The van der Waals surface area contributed by atoms with Crippen LogP contribution in [0.25, 0.3) is 0 Å². The van der Waals surface area contributed by atoms with Gasteiger partial charge in [-0.3, -0.25) is 0 Å². The molecule has 0 saturated heterocycles. The Kier molecular flexibility index (Phi) is 9.49. The highest BCUT2D eigenvalue weighted by molar-refractivity contribution is 7.94. The number of nitrogens with zero attached hydrogens (tertiary/aromatic N) is 3. The number of nitrogen functional groups attached to an aromatic ring is 2. The summed E-state index contributed by atoms with van der Waals surface area (Å²) in [5, 5.41) is 0.586. The molecular weight excluding hydrogens is 676 g/mol. The second-order valence-electron chi connectivity index (χ2n) is 11.6. The molecule has 0 aliphatic rings. The van der Waals surface area contributed by atoms with Gasteiger partial charge in [0.05, 0.1) is 0 Å². The normalized spacial score (nSPS) is 11.6. The minimum Gasteiger partial charge on any atom is -0.424 e. The van der Waals surface area contributed by atoms with Crippen molar-refractivity contribution in [3.8, 4) is 23.5 Å². The lowest BCUT2D eigenvalue weighted by molar-refractivity contribution is 0.393. The Balaban J connectivity index is 1.56. The molecule has 0 radical (unpaired) electrons. The first-order valence-corrected chi connectivity index (χ1v) is 19.6. The molecule has 9 nitrogen and oxygen atoms in total. The van der Waals surface area contributed by atoms with E-state index in [9.17, 15) is 0 Å². The zero-order valence-corrected chi connectivity index (χ0v) is 29.1. The van der Waals surface area contributed by atoms with Gasteiger partial charge in [-0.1, -0.05) is 121 Å². The van der Waals surface area contributed by atoms with E-state index in [1.807, 2.05) is 72.8 Å². The minimum atomic E-state index is -3.99. The summed E-state index contributed by atoms with van der Waals surface area (Å²) in [6.07, 6.45) is 0. The van der Waals surface area contributed by atoms with Crippen LogP contribution in [0.5, 0.6) is 23.5 Å². The van der Waals surface area contributed by atoms with Gasteiger partial charge in [-0.15, -0.1) is 4.98 Å². The number of rotatable bonds is 11. The van der Waals surface area contributed by atoms with E-state index < -0.39 is 19.7 Å². The summed E-state index contributed by atoms with van der Waals surface area (Å²) in [4.78, 5) is 14.1. The third-order valence-corrected chi connectivity index (χ3v) is 16.3. The zero-order valence-electron chi connectivity index (χ0n) is 27.3. The molecule has 0 amide bonds. The van der Waals surface area contributed by atoms with E-state index in [0.717, 1.165) is 0 Å². The first-order chi connectivity index (χ1) is 24.8. The van der Waals surface area contributed by atoms with Crippen LogP contribution < -0.4 is 42.2 Å². The maximum atomic E-state index is 16.5. The van der Waals surface area contributed by atoms with Crippen LogP contribution in [-0.4, -0.2) is 15.0 Å². The fourth-order valence-electron chi connectivity index (χ4n) is 5.86. The van der Waals surface area contributed by atoms with E-state index in [2.05, 4.69) is 4.98 Å². The van der Waals surface area contributed by atoms with Gasteiger partial charge in [-0.05, 0) is 48.5 Å². The lowest BCUT2D eigenvalue weighted by Gasteiger charge is -2.34. The fraction of sp³-hybridized carbons (Fsp3) is 0.0250. The Morgan fingerprint density at radius 1 is 0.412 bits per heavy atom. The topological polar surface area (TPSA) is 143 Å². The van der Waals surface area contributed by atoms with Crippen molar-refractivity contribution >= 4 is 46.9 Å². The second-order valence-corrected chi connectivity index (χ2v) is 17.8. The van der Waals surface area contributed by atoms with Crippen molar-refractivity contribution in [3.63, 3.8) is 0 Å². The Labute approximate surface area is 295 Å². The van der Waals surface area contributed by atoms with E-state index in [0.29, 0.717) is 44.1 Å². The van der Waals surface area contributed by atoms with E-state index >= 15 is 9.13 Å². The molecule has 7 aromatic rings. The number of ether oxygens (including phenoxy) is 2. The van der Waals surface area contributed by atoms with Crippen molar-refractivity contribution in [1.29, 1.82) is 0 Å². The fourth-order valence-corrected chi connectivity index (χ4v) is 14.4. The largest absolute Gasteiger partial charge is 0.424 e. The number of nitrogens with two attached hydrogens (primary N) is 2. The zero-order chi connectivity index (χ0) is 35.3. The SMILES string of the molecule is Nc1ccc(Oc2nc(Oc3ccc(N)cc3)nc(C(P(=O)(c3ccccc3)c3ccccc3)P(=O)(c3ccccc3)c3ccccc3)n2)cc1. The number of aromatic nitrogens is 3. The number of anilines is 2. The van der Waals surface area contributed by atoms with E-state index in [1.54, 1.807) is 97.1 Å². The molecule has 252 valence electrons. The van der Waals surface area contributed by atoms with Crippen molar-refractivity contribution in [1.82, 2.24) is 15.0 Å². The summed E-state index contributed by atoms with van der Waals surface area (Å²) in [7, 11) is -7.97. The summed E-state index contributed by atoms with van der Waals surface area (Å²) in [6, 6.07) is 49.4. The highest BCUT2D eigenvalue weighted by Crippen LogP contribution is 2.74. The van der Waals surface area contributed by atoms with Crippen LogP contribution in [0.4, 0.5) is 11.4 Å². The molecular formula is C40H33N5O4P2. The minimum absolute atomic E-state index is 0.0343. The van der Waals surface area contributed by atoms with Crippen LogP contribution in [0.3, 0.4) is 0 Å². The smallest absolute Gasteiger partial charge is 0.328 e. The molecule has 0 aliphatic heterocycles. The second kappa shape index (κ2) is 14.5. The van der Waals surface area contributed by atoms with Gasteiger partial charge in [-0.2, -0.15) is 9.97 Å². The average molecular weight is 710 g/mol. The van der Waals surface area contributed by atoms with Crippen LogP contribution in [0.1, 0.15) is 11.2 Å². The van der Waals surface area contributed by atoms with Gasteiger partial charge in [0, 0.05) is 32.6 Å². The average Bonchev–Trinajstić information content (AvgIpc) is 3.18. The van der Waals surface area contributed by atoms with Crippen LogP contribution in [0.15, 0.2) is 170 Å². The van der Waals surface area contributed by atoms with Gasteiger partial charge in [0.1, 0.15) is 16.9 Å². The van der Waals surface area contributed by atoms with Crippen molar-refractivity contribution in [2.75, 3.05) is 11.5 Å². The molecule has 0 bridgehead atoms. The first-order valence-electron chi connectivity index (χ1n) is 16.1. The van der Waals surface area contributed by atoms with Gasteiger partial charge < -0.3 is 30.1 Å². The van der Waals surface area contributed by atoms with Crippen LogP contribution >= 0.6 is 14.3 Å². The molecule has 6 aromatic carbocycles. The molecule has 0 unspecified atom stereocenters. The molecule has 4 N–H and O–H groups in total. The molecule has 51 heavy (non-hydrogen) atoms. The molecule has 11 heteroatoms. The molecule has 7 rings (SSSR count). The molecule has 0 fully saturated rings. The third kappa shape index (κ3) is 6.90. The molecule has 0 aliphatic carbocycles. The summed E-state index contributed by atoms with van der Waals surface area (Å²) >= 11 is 0. The van der Waals surface area contributed by atoms with Crippen molar-refractivity contribution in [3.05, 3.63) is 176 Å². The summed E-state index contributed by atoms with van der Waals surface area (Å²) in [6.45, 7) is 0. The lowest BCUT2D eigenvalue weighted by atomic mass is 10.3. The Morgan fingerprint density at radius 2 is 0.706 bits per heavy atom. The van der Waals surface area contributed by atoms with Crippen LogP contribution in [0.2, 0.25) is 0 Å². The molecule has 0 spiro atoms. The van der Waals surface area contributed by atoms with Gasteiger partial charge in [0.2, 0.25) is 0 Å². The molecule has 0 atom stereocenters. The van der Waals surface area contributed by atoms with Crippen molar-refractivity contribution in [2.24, 2.45) is 0 Å². The summed E-state index contributed by atoms with van der Waals surface area (Å²) in [5.41, 5.74) is 13.0. The molecule has 1 heterocycles. The predicted octanol–water partition coefficient (Wildman–Crippen LogP) is 7.65. The van der Waals surface area contributed by atoms with Crippen LogP contribution in [0, 0.1) is 0 Å². The Hall–Kier alpha value is -6.01. The lowest BCUT2D eigenvalue weighted by Crippen LogP contribution is -2.29. The van der Waals surface area contributed by atoms with Crippen molar-refractivity contribution < 1.29 is 18.6 Å². The molecule has 1 aromatic heterocycles. The maximum Gasteiger partial charge on any atom is 0.328 e. The summed E-state index contributed by atoms with van der Waals surface area (Å²) in [5.74, 6) is 0.743. The summed E-state index contributed by atoms with van der Waals surface area (Å²) < 4.78 is 45.4. The number of benzene rings is 6. The van der Waals surface area contributed by atoms with Crippen molar-refractivity contribution in [2.45, 2.75) is 5.40 Å². The van der Waals surface area contributed by atoms with Gasteiger partial charge in [-0.25, -0.2) is 0 Å². The third-order valence-electron chi connectivity index (χ3n) is 8.27. The number of hydrogen-bond acceptors (Lipinski definition) is 9. The Morgan fingerprint density at radius 3 is 1.00 bits per heavy atom. The van der Waals surface area contributed by atoms with E-state index in [1.165, 1.54) is 0 Å². The van der Waals surface area contributed by atoms with Gasteiger partial charge in [0.25, 0.3) is 0 Å². The maximum absolute atomic E-state index is 16.5. The number of hydrogen-bond donors (Lipinski definition) is 2. The highest BCUT2D eigenvalue weighted by atomic mass is 31.2. The standard InChI is InChI=1S/C40H33N5O4P2/c41-29-21-25-31(26-22-29)48-39-43-37(44-40(45-39)49-32-27-23-30(42)24-28-32)38(50(46,33-13-5-1-6-14-33)34-15-7-2-8-16-34)51(47,35-17-9-3-10-18-35)36-19-11-4-12-20-36/h1-28,38H,41-42H2. The quantitative estimate of drug-likeness (QED) is 0.102. The Bertz CT molecular complexity index is 2080. The van der Waals surface area contributed by atoms with Crippen LogP contribution in [-0.2, 0) is 9.13 Å². The predicted molar refractivity (Wildman–Crippen MR) is 204 cm³/mol. The molecule has 0 saturated carbocycles. The van der Waals surface area contributed by atoms with Gasteiger partial charge in [0.15, 0.2) is 20.1 Å². The van der Waals surface area contributed by atoms with E-state index in [4.69, 9.17) is 30.9 Å². The highest BCUT2D eigenvalue weighted by Gasteiger charge is 2.52. The monoisotopic (exact) mass is 709 g/mol. The van der Waals surface area contributed by atoms with Gasteiger partial charge >= 0.3 is 12.0 Å². The first kappa shape index (κ1) is 33.5. The van der Waals surface area contributed by atoms with E-state index in [-0.39, 0.29) is 17.8 Å².